The largest absolute Gasteiger partial charge is 0.381 e. The molecule has 1 rings (SSSR count). The first-order chi connectivity index (χ1) is 7.07. The highest BCUT2D eigenvalue weighted by Gasteiger charge is 2.27. The van der Waals surface area contributed by atoms with Crippen LogP contribution in [-0.2, 0) is 0 Å². The van der Waals surface area contributed by atoms with Crippen LogP contribution in [0.15, 0.2) is 24.3 Å². The van der Waals surface area contributed by atoms with E-state index < -0.39 is 17.1 Å². The molecule has 0 radical (unpaired) electrons. The molecule has 0 aliphatic heterocycles. The molecule has 5 nitrogen and oxygen atoms in total. The zero-order chi connectivity index (χ0) is 11.4. The number of rotatable bonds is 3. The second-order valence-corrected chi connectivity index (χ2v) is 3.17. The lowest BCUT2D eigenvalue weighted by Gasteiger charge is -2.13. The summed E-state index contributed by atoms with van der Waals surface area (Å²) in [6.07, 6.45) is -1.25. The van der Waals surface area contributed by atoms with Gasteiger partial charge >= 0.3 is 0 Å². The quantitative estimate of drug-likeness (QED) is 0.595. The van der Waals surface area contributed by atoms with Gasteiger partial charge in [0.1, 0.15) is 6.10 Å². The number of hydrogen-bond acceptors (Lipinski definition) is 4. The fourth-order valence-corrected chi connectivity index (χ4v) is 1.23. The first-order valence-corrected chi connectivity index (χ1v) is 4.38. The van der Waals surface area contributed by atoms with E-state index >= 15 is 0 Å². The molecule has 2 atom stereocenters. The molecule has 0 spiro atoms. The van der Waals surface area contributed by atoms with Crippen molar-refractivity contribution in [1.82, 2.24) is 0 Å². The summed E-state index contributed by atoms with van der Waals surface area (Å²) in [5.41, 5.74) is 0.558. The van der Waals surface area contributed by atoms with Crippen molar-refractivity contribution in [3.8, 4) is 6.07 Å². The summed E-state index contributed by atoms with van der Waals surface area (Å²) in [5, 5.41) is 28.9. The summed E-state index contributed by atoms with van der Waals surface area (Å²) in [5.74, 6) is 0. The number of nitriles is 1. The fraction of sp³-hybridized carbons (Fsp3) is 0.300. The minimum atomic E-state index is -1.25. The third kappa shape index (κ3) is 2.30. The fourth-order valence-electron chi connectivity index (χ4n) is 1.23. The van der Waals surface area contributed by atoms with E-state index in [0.29, 0.717) is 5.56 Å². The third-order valence-electron chi connectivity index (χ3n) is 2.19. The highest BCUT2D eigenvalue weighted by molar-refractivity contribution is 5.39. The predicted molar refractivity (Wildman–Crippen MR) is 52.6 cm³/mol. The molecular weight excluding hydrogens is 196 g/mol. The molecule has 15 heavy (non-hydrogen) atoms. The van der Waals surface area contributed by atoms with Gasteiger partial charge in [0.25, 0.3) is 0 Å². The Balaban J connectivity index is 3.06. The summed E-state index contributed by atoms with van der Waals surface area (Å²) < 4.78 is 0. The Morgan fingerprint density at radius 2 is 2.13 bits per heavy atom. The number of benzene rings is 1. The number of nitrogens with zero attached hydrogens (tertiary/aromatic N) is 2. The summed E-state index contributed by atoms with van der Waals surface area (Å²) in [6.45, 7) is 1.30. The van der Waals surface area contributed by atoms with Crippen LogP contribution in [0.2, 0.25) is 0 Å². The van der Waals surface area contributed by atoms with Crippen molar-refractivity contribution in [2.24, 2.45) is 0 Å². The Bertz CT molecular complexity index is 411. The highest BCUT2D eigenvalue weighted by atomic mass is 16.6. The van der Waals surface area contributed by atoms with Crippen LogP contribution in [0.25, 0.3) is 0 Å². The Hall–Kier alpha value is -1.93. The van der Waals surface area contributed by atoms with Crippen molar-refractivity contribution in [3.05, 3.63) is 45.5 Å². The lowest BCUT2D eigenvalue weighted by atomic mass is 9.99. The summed E-state index contributed by atoms with van der Waals surface area (Å²) >= 11 is 0. The zero-order valence-electron chi connectivity index (χ0n) is 8.12. The average Bonchev–Trinajstić information content (AvgIpc) is 2.26. The monoisotopic (exact) mass is 206 g/mol. The molecule has 0 amide bonds. The van der Waals surface area contributed by atoms with Crippen molar-refractivity contribution < 1.29 is 10.0 Å². The molecule has 0 aromatic heterocycles. The van der Waals surface area contributed by atoms with Crippen LogP contribution < -0.4 is 0 Å². The molecule has 0 saturated heterocycles. The molecule has 0 saturated carbocycles. The van der Waals surface area contributed by atoms with E-state index in [0.717, 1.165) is 0 Å². The van der Waals surface area contributed by atoms with Gasteiger partial charge in [0, 0.05) is 17.4 Å². The number of nitro groups is 1. The SMILES string of the molecule is C[C@H]([C@H](O)c1ccccc1C#N)[N+](=O)[O-]. The molecule has 1 aromatic rings. The van der Waals surface area contributed by atoms with Gasteiger partial charge in [0.05, 0.1) is 11.6 Å². The maximum atomic E-state index is 10.5. The van der Waals surface area contributed by atoms with Crippen LogP contribution in [-0.4, -0.2) is 16.1 Å². The molecule has 0 heterocycles. The topological polar surface area (TPSA) is 87.2 Å². The molecule has 78 valence electrons. The van der Waals surface area contributed by atoms with E-state index in [1.54, 1.807) is 12.1 Å². The van der Waals surface area contributed by atoms with Gasteiger partial charge in [-0.15, -0.1) is 0 Å². The highest BCUT2D eigenvalue weighted by Crippen LogP contribution is 2.21. The number of hydrogen-bond donors (Lipinski definition) is 1. The van der Waals surface area contributed by atoms with E-state index in [-0.39, 0.29) is 5.56 Å². The van der Waals surface area contributed by atoms with Crippen LogP contribution in [0.3, 0.4) is 0 Å². The third-order valence-corrected chi connectivity index (χ3v) is 2.19. The van der Waals surface area contributed by atoms with Crippen LogP contribution in [0, 0.1) is 21.4 Å². The lowest BCUT2D eigenvalue weighted by Crippen LogP contribution is -2.24. The van der Waals surface area contributed by atoms with Gasteiger partial charge in [-0.3, -0.25) is 10.1 Å². The maximum Gasteiger partial charge on any atom is 0.240 e. The molecule has 1 N–H and O–H groups in total. The number of aliphatic hydroxyl groups is 1. The van der Waals surface area contributed by atoms with Gasteiger partial charge < -0.3 is 5.11 Å². The van der Waals surface area contributed by atoms with E-state index in [4.69, 9.17) is 5.26 Å². The summed E-state index contributed by atoms with van der Waals surface area (Å²) in [7, 11) is 0. The van der Waals surface area contributed by atoms with Crippen molar-refractivity contribution in [1.29, 1.82) is 5.26 Å². The lowest BCUT2D eigenvalue weighted by molar-refractivity contribution is -0.531. The van der Waals surface area contributed by atoms with Gasteiger partial charge in [-0.25, -0.2) is 0 Å². The predicted octanol–water partition coefficient (Wildman–Crippen LogP) is 1.26. The van der Waals surface area contributed by atoms with E-state index in [1.807, 2.05) is 6.07 Å². The standard InChI is InChI=1S/C10H10N2O3/c1-7(12(14)15)10(13)9-5-3-2-4-8(9)6-11/h2-5,7,10,13H,1H3/t7-,10+/m1/s1. The van der Waals surface area contributed by atoms with Crippen LogP contribution in [0.1, 0.15) is 24.2 Å². The van der Waals surface area contributed by atoms with Gasteiger partial charge in [-0.1, -0.05) is 18.2 Å². The second kappa shape index (κ2) is 4.53. The zero-order valence-corrected chi connectivity index (χ0v) is 8.12. The van der Waals surface area contributed by atoms with Gasteiger partial charge in [-0.2, -0.15) is 5.26 Å². The van der Waals surface area contributed by atoms with Crippen molar-refractivity contribution in [2.45, 2.75) is 19.1 Å². The van der Waals surface area contributed by atoms with Crippen LogP contribution >= 0.6 is 0 Å². The van der Waals surface area contributed by atoms with Crippen molar-refractivity contribution in [3.63, 3.8) is 0 Å². The molecule has 0 bridgehead atoms. The number of aliphatic hydroxyl groups excluding tert-OH is 1. The molecule has 0 aliphatic rings. The average molecular weight is 206 g/mol. The Morgan fingerprint density at radius 3 is 2.67 bits per heavy atom. The molecular formula is C10H10N2O3. The van der Waals surface area contributed by atoms with Gasteiger partial charge in [0.15, 0.2) is 0 Å². The van der Waals surface area contributed by atoms with E-state index in [2.05, 4.69) is 0 Å². The second-order valence-electron chi connectivity index (χ2n) is 3.17. The molecule has 0 fully saturated rings. The smallest absolute Gasteiger partial charge is 0.240 e. The first-order valence-electron chi connectivity index (χ1n) is 4.38. The van der Waals surface area contributed by atoms with Crippen LogP contribution in [0.4, 0.5) is 0 Å². The molecule has 5 heteroatoms. The summed E-state index contributed by atoms with van der Waals surface area (Å²) in [6, 6.07) is 7.07. The Labute approximate surface area is 86.7 Å². The Kier molecular flexibility index (Phi) is 3.37. The minimum absolute atomic E-state index is 0.263. The molecule has 0 unspecified atom stereocenters. The van der Waals surface area contributed by atoms with Crippen molar-refractivity contribution >= 4 is 0 Å². The van der Waals surface area contributed by atoms with Gasteiger partial charge in [-0.05, 0) is 6.07 Å². The first kappa shape index (κ1) is 11.1. The molecule has 0 aliphatic carbocycles. The maximum absolute atomic E-state index is 10.5. The van der Waals surface area contributed by atoms with E-state index in [1.165, 1.54) is 19.1 Å². The van der Waals surface area contributed by atoms with Crippen LogP contribution in [0.5, 0.6) is 0 Å². The summed E-state index contributed by atoms with van der Waals surface area (Å²) in [4.78, 5) is 9.91. The van der Waals surface area contributed by atoms with E-state index in [9.17, 15) is 15.2 Å². The Morgan fingerprint density at radius 1 is 1.53 bits per heavy atom. The molecule has 1 aromatic carbocycles. The normalized spacial score (nSPS) is 13.9. The van der Waals surface area contributed by atoms with Gasteiger partial charge in [0.2, 0.25) is 6.04 Å². The minimum Gasteiger partial charge on any atom is -0.381 e. The van der Waals surface area contributed by atoms with Crippen molar-refractivity contribution in [2.75, 3.05) is 0 Å².